The number of hydrogen-bond donors (Lipinski definition) is 2. The molecule has 0 radical (unpaired) electrons. The van der Waals surface area contributed by atoms with Crippen LogP contribution in [-0.2, 0) is 4.79 Å². The van der Waals surface area contributed by atoms with Crippen molar-refractivity contribution in [1.82, 2.24) is 19.5 Å². The molecule has 3 aromatic rings. The summed E-state index contributed by atoms with van der Waals surface area (Å²) < 4.78 is 2.10. The fourth-order valence-electron chi connectivity index (χ4n) is 4.95. The summed E-state index contributed by atoms with van der Waals surface area (Å²) >= 11 is 0. The lowest BCUT2D eigenvalue weighted by atomic mass is 9.83. The van der Waals surface area contributed by atoms with Gasteiger partial charge in [0.05, 0.1) is 6.33 Å². The van der Waals surface area contributed by atoms with E-state index in [9.17, 15) is 9.90 Å². The number of anilines is 3. The van der Waals surface area contributed by atoms with E-state index in [1.165, 1.54) is 0 Å². The van der Waals surface area contributed by atoms with Crippen molar-refractivity contribution < 1.29 is 9.90 Å². The molecule has 2 aliphatic rings. The van der Waals surface area contributed by atoms with Crippen molar-refractivity contribution >= 4 is 34.4 Å². The molecule has 2 aromatic heterocycles. The van der Waals surface area contributed by atoms with Crippen LogP contribution in [0.2, 0.25) is 0 Å². The molecule has 2 atom stereocenters. The van der Waals surface area contributed by atoms with E-state index in [4.69, 9.17) is 10.7 Å². The Labute approximate surface area is 186 Å². The highest BCUT2D eigenvalue weighted by Gasteiger charge is 2.28. The third kappa shape index (κ3) is 3.83. The Hall–Kier alpha value is -3.36. The van der Waals surface area contributed by atoms with Gasteiger partial charge in [0.1, 0.15) is 17.0 Å². The highest BCUT2D eigenvalue weighted by molar-refractivity contribution is 5.83. The van der Waals surface area contributed by atoms with Gasteiger partial charge in [0.15, 0.2) is 11.5 Å². The molecule has 1 saturated heterocycles. The van der Waals surface area contributed by atoms with Crippen LogP contribution in [0.15, 0.2) is 30.6 Å². The molecule has 1 aliphatic heterocycles. The molecule has 3 N–H and O–H groups in total. The highest BCUT2D eigenvalue weighted by atomic mass is 16.3. The van der Waals surface area contributed by atoms with Gasteiger partial charge in [-0.15, -0.1) is 0 Å². The predicted molar refractivity (Wildman–Crippen MR) is 124 cm³/mol. The molecule has 1 saturated carbocycles. The number of fused-ring (bicyclic) bond motifs is 1. The lowest BCUT2D eigenvalue weighted by molar-refractivity contribution is -0.122. The Kier molecular flexibility index (Phi) is 5.32. The summed E-state index contributed by atoms with van der Waals surface area (Å²) in [6, 6.07) is 7.49. The molecule has 3 heterocycles. The molecule has 2 fully saturated rings. The second-order valence-corrected chi connectivity index (χ2v) is 8.85. The highest BCUT2D eigenvalue weighted by Crippen LogP contribution is 2.35. The molecule has 5 rings (SSSR count). The average Bonchev–Trinajstić information content (AvgIpc) is 3.24. The second kappa shape index (κ2) is 8.29. The fourth-order valence-corrected chi connectivity index (χ4v) is 4.95. The molecular weight excluding hydrogens is 406 g/mol. The normalized spacial score (nSPS) is 21.8. The number of nitrogens with two attached hydrogens (primary N) is 1. The van der Waals surface area contributed by atoms with Crippen LogP contribution in [0.4, 0.5) is 17.5 Å². The first-order chi connectivity index (χ1) is 15.5. The van der Waals surface area contributed by atoms with Crippen LogP contribution in [0.25, 0.3) is 11.2 Å². The van der Waals surface area contributed by atoms with Gasteiger partial charge < -0.3 is 25.2 Å². The van der Waals surface area contributed by atoms with Crippen molar-refractivity contribution in [2.45, 2.75) is 38.6 Å². The number of nitrogens with zero attached hydrogens (tertiary/aromatic N) is 6. The first kappa shape index (κ1) is 20.5. The Bertz CT molecular complexity index is 1120. The van der Waals surface area contributed by atoms with E-state index in [1.807, 2.05) is 12.1 Å². The van der Waals surface area contributed by atoms with Crippen LogP contribution in [-0.4, -0.2) is 56.6 Å². The van der Waals surface area contributed by atoms with Crippen molar-refractivity contribution in [1.29, 1.82) is 0 Å². The third-order valence-electron chi connectivity index (χ3n) is 6.83. The maximum absolute atomic E-state index is 11.9. The largest absolute Gasteiger partial charge is 0.508 e. The van der Waals surface area contributed by atoms with E-state index in [0.29, 0.717) is 17.3 Å². The Morgan fingerprint density at radius 2 is 1.78 bits per heavy atom. The topological polar surface area (TPSA) is 113 Å². The first-order valence-corrected chi connectivity index (χ1v) is 11.3. The summed E-state index contributed by atoms with van der Waals surface area (Å²) in [6.45, 7) is 4.89. The lowest BCUT2D eigenvalue weighted by Gasteiger charge is -2.36. The number of carbonyl (C=O) groups excluding carboxylic acids is 1. The number of phenolic OH excluding ortho intramolecular Hbond substituents is 1. The van der Waals surface area contributed by atoms with Gasteiger partial charge in [-0.25, -0.2) is 4.98 Å². The molecule has 32 heavy (non-hydrogen) atoms. The van der Waals surface area contributed by atoms with Crippen molar-refractivity contribution in [3.05, 3.63) is 30.6 Å². The molecule has 0 spiro atoms. The maximum Gasteiger partial charge on any atom is 0.229 e. The van der Waals surface area contributed by atoms with Crippen molar-refractivity contribution in [3.63, 3.8) is 0 Å². The number of piperazine rings is 1. The monoisotopic (exact) mass is 435 g/mol. The molecule has 1 aliphatic carbocycles. The van der Waals surface area contributed by atoms with Gasteiger partial charge in [0, 0.05) is 43.8 Å². The van der Waals surface area contributed by atoms with Gasteiger partial charge in [-0.05, 0) is 50.5 Å². The summed E-state index contributed by atoms with van der Waals surface area (Å²) in [5.41, 5.74) is 8.74. The van der Waals surface area contributed by atoms with E-state index in [2.05, 4.69) is 24.3 Å². The molecule has 9 heteroatoms. The zero-order chi connectivity index (χ0) is 22.2. The molecule has 0 bridgehead atoms. The first-order valence-electron chi connectivity index (χ1n) is 11.3. The summed E-state index contributed by atoms with van der Waals surface area (Å²) in [5, 5.41) is 9.52. The van der Waals surface area contributed by atoms with Crippen molar-refractivity contribution in [2.75, 3.05) is 41.7 Å². The second-order valence-electron chi connectivity index (χ2n) is 8.85. The number of rotatable bonds is 4. The van der Waals surface area contributed by atoms with E-state index >= 15 is 0 Å². The van der Waals surface area contributed by atoms with Crippen LogP contribution in [0.3, 0.4) is 0 Å². The van der Waals surface area contributed by atoms with Crippen LogP contribution < -0.4 is 15.5 Å². The van der Waals surface area contributed by atoms with Gasteiger partial charge in [0.2, 0.25) is 5.95 Å². The van der Waals surface area contributed by atoms with Crippen molar-refractivity contribution in [2.24, 2.45) is 5.92 Å². The number of phenols is 1. The molecule has 2 unspecified atom stereocenters. The number of aromatic hydroxyl groups is 1. The number of imidazole rings is 1. The summed E-state index contributed by atoms with van der Waals surface area (Å²) in [5.74, 6) is 1.66. The minimum Gasteiger partial charge on any atom is -0.508 e. The number of ketones is 1. The number of Topliss-reactive ketones (excluding diaryl/α,β-unsaturated/α-hetero) is 1. The van der Waals surface area contributed by atoms with Crippen LogP contribution >= 0.6 is 0 Å². The summed E-state index contributed by atoms with van der Waals surface area (Å²) in [6.07, 6.45) is 5.63. The summed E-state index contributed by atoms with van der Waals surface area (Å²) in [4.78, 5) is 30.3. The van der Waals surface area contributed by atoms with Crippen molar-refractivity contribution in [3.8, 4) is 5.75 Å². The molecular formula is C23H29N7O2. The number of nitrogen functional groups attached to an aromatic ring is 1. The minimum absolute atomic E-state index is 0.109. The number of hydrogen-bond acceptors (Lipinski definition) is 8. The SMILES string of the molecule is CC(=O)C1CCCC(n2cnc3c(N)nc(N4CCN(c5ccc(O)cc5)CC4)nc32)C1. The zero-order valence-electron chi connectivity index (χ0n) is 18.3. The van der Waals surface area contributed by atoms with E-state index in [1.54, 1.807) is 25.4 Å². The number of benzene rings is 1. The van der Waals surface area contributed by atoms with Gasteiger partial charge in [-0.2, -0.15) is 9.97 Å². The molecule has 168 valence electrons. The quantitative estimate of drug-likeness (QED) is 0.643. The van der Waals surface area contributed by atoms with Gasteiger partial charge in [-0.3, -0.25) is 4.79 Å². The molecule has 0 amide bonds. The average molecular weight is 436 g/mol. The van der Waals surface area contributed by atoms with Gasteiger partial charge >= 0.3 is 0 Å². The minimum atomic E-state index is 0.109. The number of aromatic nitrogens is 4. The maximum atomic E-state index is 11.9. The van der Waals surface area contributed by atoms with Gasteiger partial charge in [0.25, 0.3) is 0 Å². The Morgan fingerprint density at radius 1 is 1.06 bits per heavy atom. The Balaban J connectivity index is 1.37. The summed E-state index contributed by atoms with van der Waals surface area (Å²) in [7, 11) is 0. The third-order valence-corrected chi connectivity index (χ3v) is 6.83. The fraction of sp³-hybridized carbons (Fsp3) is 0.478. The van der Waals surface area contributed by atoms with Gasteiger partial charge in [-0.1, -0.05) is 6.42 Å². The van der Waals surface area contributed by atoms with E-state index < -0.39 is 0 Å². The van der Waals surface area contributed by atoms with Crippen LogP contribution in [0, 0.1) is 5.92 Å². The van der Waals surface area contributed by atoms with Crippen LogP contribution in [0.1, 0.15) is 38.6 Å². The lowest BCUT2D eigenvalue weighted by Crippen LogP contribution is -2.47. The van der Waals surface area contributed by atoms with Crippen LogP contribution in [0.5, 0.6) is 5.75 Å². The molecule has 1 aromatic carbocycles. The van der Waals surface area contributed by atoms with E-state index in [-0.39, 0.29) is 23.5 Å². The predicted octanol–water partition coefficient (Wildman–Crippen LogP) is 2.76. The number of carbonyl (C=O) groups is 1. The Morgan fingerprint density at radius 3 is 2.50 bits per heavy atom. The zero-order valence-corrected chi connectivity index (χ0v) is 18.3. The smallest absolute Gasteiger partial charge is 0.229 e. The standard InChI is InChI=1S/C23H29N7O2/c1-15(31)16-3-2-4-18(13-16)30-14-25-20-21(24)26-23(27-22(20)30)29-11-9-28(10-12-29)17-5-7-19(32)8-6-17/h5-8,14,16,18,32H,2-4,9-13H2,1H3,(H2,24,26,27). The van der Waals surface area contributed by atoms with E-state index in [0.717, 1.165) is 63.2 Å². The molecule has 9 nitrogen and oxygen atoms in total.